The van der Waals surface area contributed by atoms with E-state index in [2.05, 4.69) is 23.1 Å². The molecule has 0 N–H and O–H groups in total. The molecule has 6 nitrogen and oxygen atoms in total. The number of carbonyl (C=O) groups is 2. The molecule has 3 rings (SSSR count). The van der Waals surface area contributed by atoms with Gasteiger partial charge in [0.2, 0.25) is 11.8 Å². The average molecular weight is 376 g/mol. The summed E-state index contributed by atoms with van der Waals surface area (Å²) in [6.07, 6.45) is 0.241. The molecule has 0 radical (unpaired) electrons. The molecule has 2 aromatic carbocycles. The Kier molecular flexibility index (Phi) is 6.28. The van der Waals surface area contributed by atoms with Crippen molar-refractivity contribution in [2.75, 3.05) is 42.5 Å². The SMILES string of the molecule is CC(=O)N(CCC(=O)N1CCN(c2ccccc2)CC1)c1ccccc1C#N. The largest absolute Gasteiger partial charge is 0.368 e. The number of para-hydroxylation sites is 2. The van der Waals surface area contributed by atoms with E-state index in [0.717, 1.165) is 13.1 Å². The van der Waals surface area contributed by atoms with E-state index in [0.29, 0.717) is 24.3 Å². The number of rotatable bonds is 5. The Morgan fingerprint density at radius 3 is 2.29 bits per heavy atom. The quantitative estimate of drug-likeness (QED) is 0.805. The predicted molar refractivity (Wildman–Crippen MR) is 109 cm³/mol. The number of nitriles is 1. The summed E-state index contributed by atoms with van der Waals surface area (Å²) in [5.41, 5.74) is 2.16. The molecule has 0 unspecified atom stereocenters. The first-order valence-electron chi connectivity index (χ1n) is 9.45. The van der Waals surface area contributed by atoms with Gasteiger partial charge in [0.15, 0.2) is 0 Å². The molecule has 1 aliphatic rings. The van der Waals surface area contributed by atoms with E-state index in [1.54, 1.807) is 24.3 Å². The Bertz CT molecular complexity index is 868. The van der Waals surface area contributed by atoms with E-state index in [-0.39, 0.29) is 24.8 Å². The third-order valence-electron chi connectivity index (χ3n) is 5.00. The molecule has 1 aliphatic heterocycles. The van der Waals surface area contributed by atoms with Gasteiger partial charge >= 0.3 is 0 Å². The number of benzene rings is 2. The molecule has 1 saturated heterocycles. The first-order chi connectivity index (χ1) is 13.6. The molecule has 6 heteroatoms. The van der Waals surface area contributed by atoms with Gasteiger partial charge in [-0.05, 0) is 24.3 Å². The summed E-state index contributed by atoms with van der Waals surface area (Å²) in [5.74, 6) is -0.141. The summed E-state index contributed by atoms with van der Waals surface area (Å²) in [5, 5.41) is 9.28. The van der Waals surface area contributed by atoms with Crippen LogP contribution < -0.4 is 9.80 Å². The van der Waals surface area contributed by atoms with Gasteiger partial charge in [0.1, 0.15) is 6.07 Å². The van der Waals surface area contributed by atoms with Gasteiger partial charge in [-0.25, -0.2) is 0 Å². The molecule has 144 valence electrons. The molecule has 0 aliphatic carbocycles. The van der Waals surface area contributed by atoms with Gasteiger partial charge in [-0.3, -0.25) is 9.59 Å². The lowest BCUT2D eigenvalue weighted by molar-refractivity contribution is -0.131. The number of piperazine rings is 1. The fourth-order valence-corrected chi connectivity index (χ4v) is 3.47. The van der Waals surface area contributed by atoms with Crippen LogP contribution in [-0.2, 0) is 9.59 Å². The van der Waals surface area contributed by atoms with Gasteiger partial charge in [0.05, 0.1) is 11.3 Å². The van der Waals surface area contributed by atoms with Gasteiger partial charge in [0, 0.05) is 51.8 Å². The summed E-state index contributed by atoms with van der Waals surface area (Å²) in [7, 11) is 0. The number of nitrogens with zero attached hydrogens (tertiary/aromatic N) is 4. The number of anilines is 2. The Labute approximate surface area is 165 Å². The van der Waals surface area contributed by atoms with Crippen molar-refractivity contribution in [1.82, 2.24) is 4.90 Å². The Morgan fingerprint density at radius 1 is 1.00 bits per heavy atom. The van der Waals surface area contributed by atoms with Gasteiger partial charge in [-0.15, -0.1) is 0 Å². The van der Waals surface area contributed by atoms with Gasteiger partial charge in [0.25, 0.3) is 0 Å². The molecule has 2 aromatic rings. The molecular weight excluding hydrogens is 352 g/mol. The van der Waals surface area contributed by atoms with Crippen molar-refractivity contribution in [2.24, 2.45) is 0 Å². The second-order valence-electron chi connectivity index (χ2n) is 6.75. The molecular formula is C22H24N4O2. The molecule has 0 aromatic heterocycles. The van der Waals surface area contributed by atoms with E-state index in [1.807, 2.05) is 23.1 Å². The molecule has 2 amide bonds. The minimum atomic E-state index is -0.176. The van der Waals surface area contributed by atoms with Gasteiger partial charge in [-0.2, -0.15) is 5.26 Å². The lowest BCUT2D eigenvalue weighted by Crippen LogP contribution is -2.49. The third-order valence-corrected chi connectivity index (χ3v) is 5.00. The van der Waals surface area contributed by atoms with Crippen LogP contribution >= 0.6 is 0 Å². The number of hydrogen-bond acceptors (Lipinski definition) is 4. The highest BCUT2D eigenvalue weighted by atomic mass is 16.2. The zero-order chi connectivity index (χ0) is 19.9. The molecule has 0 spiro atoms. The lowest BCUT2D eigenvalue weighted by atomic mass is 10.1. The zero-order valence-corrected chi connectivity index (χ0v) is 16.0. The topological polar surface area (TPSA) is 67.7 Å². The van der Waals surface area contributed by atoms with Gasteiger partial charge < -0.3 is 14.7 Å². The van der Waals surface area contributed by atoms with Crippen molar-refractivity contribution in [1.29, 1.82) is 5.26 Å². The minimum Gasteiger partial charge on any atom is -0.368 e. The number of amides is 2. The van der Waals surface area contributed by atoms with Crippen molar-refractivity contribution in [3.63, 3.8) is 0 Å². The van der Waals surface area contributed by atoms with Crippen molar-refractivity contribution in [3.8, 4) is 6.07 Å². The fraction of sp³-hybridized carbons (Fsp3) is 0.318. The lowest BCUT2D eigenvalue weighted by Gasteiger charge is -2.36. The first kappa shape index (κ1) is 19.4. The summed E-state index contributed by atoms with van der Waals surface area (Å²) < 4.78 is 0. The highest BCUT2D eigenvalue weighted by Gasteiger charge is 2.23. The van der Waals surface area contributed by atoms with Gasteiger partial charge in [-0.1, -0.05) is 30.3 Å². The smallest absolute Gasteiger partial charge is 0.224 e. The first-order valence-corrected chi connectivity index (χ1v) is 9.45. The van der Waals surface area contributed by atoms with Crippen molar-refractivity contribution >= 4 is 23.2 Å². The van der Waals surface area contributed by atoms with Crippen LogP contribution in [0.2, 0.25) is 0 Å². The van der Waals surface area contributed by atoms with E-state index < -0.39 is 0 Å². The molecule has 1 heterocycles. The highest BCUT2D eigenvalue weighted by molar-refractivity contribution is 5.93. The average Bonchev–Trinajstić information content (AvgIpc) is 2.74. The van der Waals surface area contributed by atoms with Crippen molar-refractivity contribution in [2.45, 2.75) is 13.3 Å². The molecule has 28 heavy (non-hydrogen) atoms. The summed E-state index contributed by atoms with van der Waals surface area (Å²) in [4.78, 5) is 30.4. The minimum absolute atomic E-state index is 0.0356. The second kappa shape index (κ2) is 9.05. The van der Waals surface area contributed by atoms with Crippen LogP contribution in [0.25, 0.3) is 0 Å². The van der Waals surface area contributed by atoms with Crippen molar-refractivity contribution < 1.29 is 9.59 Å². The van der Waals surface area contributed by atoms with Crippen LogP contribution in [0.5, 0.6) is 0 Å². The maximum atomic E-state index is 12.7. The summed E-state index contributed by atoms with van der Waals surface area (Å²) in [6, 6.07) is 19.3. The van der Waals surface area contributed by atoms with E-state index in [4.69, 9.17) is 0 Å². The predicted octanol–water partition coefficient (Wildman–Crippen LogP) is 2.65. The van der Waals surface area contributed by atoms with Crippen molar-refractivity contribution in [3.05, 3.63) is 60.2 Å². The van der Waals surface area contributed by atoms with Crippen LogP contribution in [0.15, 0.2) is 54.6 Å². The maximum Gasteiger partial charge on any atom is 0.224 e. The van der Waals surface area contributed by atoms with Crippen LogP contribution in [0.4, 0.5) is 11.4 Å². The van der Waals surface area contributed by atoms with Crippen LogP contribution in [0.1, 0.15) is 18.9 Å². The second-order valence-corrected chi connectivity index (χ2v) is 6.75. The summed E-state index contributed by atoms with van der Waals surface area (Å²) in [6.45, 7) is 4.65. The Hall–Kier alpha value is -3.33. The molecule has 0 atom stereocenters. The molecule has 0 saturated carbocycles. The van der Waals surface area contributed by atoms with Crippen LogP contribution in [-0.4, -0.2) is 49.4 Å². The zero-order valence-electron chi connectivity index (χ0n) is 16.0. The van der Waals surface area contributed by atoms with Crippen LogP contribution in [0.3, 0.4) is 0 Å². The van der Waals surface area contributed by atoms with Crippen LogP contribution in [0, 0.1) is 11.3 Å². The van der Waals surface area contributed by atoms with E-state index >= 15 is 0 Å². The summed E-state index contributed by atoms with van der Waals surface area (Å²) >= 11 is 0. The van der Waals surface area contributed by atoms with E-state index in [1.165, 1.54) is 17.5 Å². The number of carbonyl (C=O) groups excluding carboxylic acids is 2. The molecule has 0 bridgehead atoms. The Morgan fingerprint density at radius 2 is 1.64 bits per heavy atom. The Balaban J connectivity index is 1.57. The van der Waals surface area contributed by atoms with E-state index in [9.17, 15) is 14.9 Å². The third kappa shape index (κ3) is 4.49. The monoisotopic (exact) mass is 376 g/mol. The number of hydrogen-bond donors (Lipinski definition) is 0. The normalized spacial score (nSPS) is 13.7. The molecule has 1 fully saturated rings. The highest BCUT2D eigenvalue weighted by Crippen LogP contribution is 2.21. The standard InChI is InChI=1S/C22H24N4O2/c1-18(27)26(21-10-6-5-7-19(21)17-23)12-11-22(28)25-15-13-24(14-16-25)20-8-3-2-4-9-20/h2-10H,11-16H2,1H3. The maximum absolute atomic E-state index is 12.7. The fourth-order valence-electron chi connectivity index (χ4n) is 3.47.